The van der Waals surface area contributed by atoms with Crippen LogP contribution in [0.25, 0.3) is 11.0 Å². The summed E-state index contributed by atoms with van der Waals surface area (Å²) in [6.45, 7) is 5.47. The Morgan fingerprint density at radius 3 is 2.76 bits per heavy atom. The van der Waals surface area contributed by atoms with E-state index in [0.717, 1.165) is 37.1 Å². The van der Waals surface area contributed by atoms with E-state index in [1.807, 2.05) is 6.07 Å². The number of piperazine rings is 1. The highest BCUT2D eigenvalue weighted by Crippen LogP contribution is 2.50. The van der Waals surface area contributed by atoms with Gasteiger partial charge in [0.1, 0.15) is 11.3 Å². The predicted molar refractivity (Wildman–Crippen MR) is 144 cm³/mol. The van der Waals surface area contributed by atoms with Crippen LogP contribution in [0, 0.1) is 16.7 Å². The van der Waals surface area contributed by atoms with Crippen molar-refractivity contribution in [3.05, 3.63) is 46.7 Å². The van der Waals surface area contributed by atoms with Crippen molar-refractivity contribution in [2.75, 3.05) is 31.6 Å². The molecule has 0 bridgehead atoms. The van der Waals surface area contributed by atoms with E-state index in [0.29, 0.717) is 54.4 Å². The van der Waals surface area contributed by atoms with Crippen LogP contribution >= 0.6 is 11.6 Å². The van der Waals surface area contributed by atoms with Gasteiger partial charge in [0.05, 0.1) is 41.5 Å². The van der Waals surface area contributed by atoms with Gasteiger partial charge in [-0.15, -0.1) is 0 Å². The Bertz CT molecular complexity index is 1410. The normalized spacial score (nSPS) is 18.9. The van der Waals surface area contributed by atoms with E-state index >= 15 is 0 Å². The first kappa shape index (κ1) is 26.1. The minimum atomic E-state index is -0.460. The van der Waals surface area contributed by atoms with Crippen molar-refractivity contribution in [3.63, 3.8) is 0 Å². The number of carbonyl (C=O) groups excluding carboxylic acids is 1. The number of benzene rings is 2. The average molecular weight is 538 g/mol. The summed E-state index contributed by atoms with van der Waals surface area (Å²) in [5.41, 5.74) is 2.32. The fourth-order valence-corrected chi connectivity index (χ4v) is 5.75. The number of para-hydroxylation sites is 1. The molecule has 1 saturated carbocycles. The number of aromatic hydroxyl groups is 2. The molecule has 38 heavy (non-hydrogen) atoms. The molecule has 10 heteroatoms. The molecule has 2 N–H and O–H groups in total. The molecule has 2 aliphatic rings. The first-order valence-electron chi connectivity index (χ1n) is 12.9. The van der Waals surface area contributed by atoms with Gasteiger partial charge in [-0.05, 0) is 43.5 Å². The summed E-state index contributed by atoms with van der Waals surface area (Å²) in [7, 11) is 1.34. The van der Waals surface area contributed by atoms with Gasteiger partial charge in [0.2, 0.25) is 0 Å². The molecule has 1 aromatic heterocycles. The standard InChI is InChI=1S/C28H32ClN5O4/c1-3-19-15-33(21-5-4-6-23(35)26(21)36)12-11-32(19)16-24-31-25-20(29)13-18(27(37)38-2)14-22(25)34(24)17-28(7-8-28)9-10-30/h4-6,13-14,19,35-36H,3,7-9,11-12,15-17H2,1-2H3. The number of esters is 1. The third-order valence-corrected chi connectivity index (χ3v) is 8.25. The number of aromatic nitrogens is 2. The Morgan fingerprint density at radius 2 is 2.08 bits per heavy atom. The van der Waals surface area contributed by atoms with E-state index < -0.39 is 5.97 Å². The van der Waals surface area contributed by atoms with Gasteiger partial charge in [-0.3, -0.25) is 4.90 Å². The van der Waals surface area contributed by atoms with Crippen LogP contribution in [0.4, 0.5) is 5.69 Å². The number of carbonyl (C=O) groups is 1. The Labute approximate surface area is 226 Å². The van der Waals surface area contributed by atoms with Gasteiger partial charge < -0.3 is 24.4 Å². The maximum Gasteiger partial charge on any atom is 0.337 e. The van der Waals surface area contributed by atoms with Crippen LogP contribution in [0.2, 0.25) is 5.02 Å². The topological polar surface area (TPSA) is 115 Å². The lowest BCUT2D eigenvalue weighted by atomic mass is 10.0. The third kappa shape index (κ3) is 4.86. The average Bonchev–Trinajstić information content (AvgIpc) is 3.59. The molecule has 2 fully saturated rings. The monoisotopic (exact) mass is 537 g/mol. The largest absolute Gasteiger partial charge is 0.504 e. The van der Waals surface area contributed by atoms with E-state index in [4.69, 9.17) is 21.3 Å². The fourth-order valence-electron chi connectivity index (χ4n) is 5.50. The van der Waals surface area contributed by atoms with Gasteiger partial charge in [0.15, 0.2) is 11.5 Å². The zero-order valence-electron chi connectivity index (χ0n) is 21.7. The molecule has 0 amide bonds. The third-order valence-electron chi connectivity index (χ3n) is 7.97. The fraction of sp³-hybridized carbons (Fsp3) is 0.464. The van der Waals surface area contributed by atoms with Crippen LogP contribution in [0.5, 0.6) is 11.5 Å². The van der Waals surface area contributed by atoms with Crippen LogP contribution in [0.15, 0.2) is 30.3 Å². The number of rotatable bonds is 8. The van der Waals surface area contributed by atoms with Crippen LogP contribution in [-0.2, 0) is 17.8 Å². The second-order valence-electron chi connectivity index (χ2n) is 10.4. The van der Waals surface area contributed by atoms with Crippen molar-refractivity contribution < 1.29 is 19.7 Å². The number of methoxy groups -OCH3 is 1. The van der Waals surface area contributed by atoms with Gasteiger partial charge in [0.25, 0.3) is 0 Å². The van der Waals surface area contributed by atoms with E-state index in [1.165, 1.54) is 13.2 Å². The summed E-state index contributed by atoms with van der Waals surface area (Å²) in [6.07, 6.45) is 3.32. The smallest absolute Gasteiger partial charge is 0.337 e. The first-order valence-corrected chi connectivity index (χ1v) is 13.3. The molecule has 1 saturated heterocycles. The zero-order valence-corrected chi connectivity index (χ0v) is 22.4. The second kappa shape index (κ2) is 10.4. The number of fused-ring (bicyclic) bond motifs is 1. The quantitative estimate of drug-likeness (QED) is 0.314. The number of nitriles is 1. The SMILES string of the molecule is CCC1CN(c2cccc(O)c2O)CCN1Cc1nc2c(Cl)cc(C(=O)OC)cc2n1CC1(CC#N)CC1. The van der Waals surface area contributed by atoms with Gasteiger partial charge in [-0.25, -0.2) is 9.78 Å². The van der Waals surface area contributed by atoms with Crippen molar-refractivity contribution in [1.29, 1.82) is 5.26 Å². The number of ether oxygens (including phenoxy) is 1. The summed E-state index contributed by atoms with van der Waals surface area (Å²) in [5.74, 6) is 0.168. The lowest BCUT2D eigenvalue weighted by Gasteiger charge is -2.42. The molecular weight excluding hydrogens is 506 g/mol. The summed E-state index contributed by atoms with van der Waals surface area (Å²) >= 11 is 6.61. The molecular formula is C28H32ClN5O4. The van der Waals surface area contributed by atoms with Crippen molar-refractivity contribution in [2.24, 2.45) is 5.41 Å². The molecule has 1 unspecified atom stereocenters. The summed E-state index contributed by atoms with van der Waals surface area (Å²) in [6, 6.07) is 10.9. The Hall–Kier alpha value is -3.48. The number of anilines is 1. The van der Waals surface area contributed by atoms with Crippen LogP contribution in [0.3, 0.4) is 0 Å². The van der Waals surface area contributed by atoms with E-state index in [1.54, 1.807) is 18.2 Å². The number of hydrogen-bond donors (Lipinski definition) is 2. The van der Waals surface area contributed by atoms with Gasteiger partial charge in [0, 0.05) is 44.1 Å². The lowest BCUT2D eigenvalue weighted by Crippen LogP contribution is -2.52. The molecule has 9 nitrogen and oxygen atoms in total. The van der Waals surface area contributed by atoms with Crippen molar-refractivity contribution in [1.82, 2.24) is 14.5 Å². The molecule has 2 heterocycles. The van der Waals surface area contributed by atoms with Crippen LogP contribution in [0.1, 0.15) is 48.8 Å². The number of imidazole rings is 1. The van der Waals surface area contributed by atoms with Gasteiger partial charge in [-0.1, -0.05) is 24.6 Å². The molecule has 1 aliphatic heterocycles. The van der Waals surface area contributed by atoms with Crippen molar-refractivity contribution in [2.45, 2.75) is 51.7 Å². The lowest BCUT2D eigenvalue weighted by molar-refractivity contribution is 0.0601. The highest BCUT2D eigenvalue weighted by atomic mass is 35.5. The number of hydrogen-bond acceptors (Lipinski definition) is 8. The maximum absolute atomic E-state index is 12.3. The summed E-state index contributed by atoms with van der Waals surface area (Å²) < 4.78 is 7.07. The zero-order chi connectivity index (χ0) is 27.0. The van der Waals surface area contributed by atoms with Crippen LogP contribution in [-0.4, -0.2) is 63.4 Å². The Morgan fingerprint density at radius 1 is 1.29 bits per heavy atom. The Balaban J connectivity index is 1.47. The van der Waals surface area contributed by atoms with E-state index in [-0.39, 0.29) is 23.0 Å². The summed E-state index contributed by atoms with van der Waals surface area (Å²) in [5, 5.41) is 30.2. The number of phenols is 2. The molecule has 1 aliphatic carbocycles. The van der Waals surface area contributed by atoms with Crippen molar-refractivity contribution >= 4 is 34.3 Å². The van der Waals surface area contributed by atoms with Crippen molar-refractivity contribution in [3.8, 4) is 17.6 Å². The highest BCUT2D eigenvalue weighted by Gasteiger charge is 2.43. The molecule has 0 spiro atoms. The summed E-state index contributed by atoms with van der Waals surface area (Å²) in [4.78, 5) is 21.8. The molecule has 1 atom stereocenters. The molecule has 2 aromatic carbocycles. The maximum atomic E-state index is 12.3. The van der Waals surface area contributed by atoms with E-state index in [9.17, 15) is 20.3 Å². The minimum absolute atomic E-state index is 0.0828. The van der Waals surface area contributed by atoms with Crippen LogP contribution < -0.4 is 4.90 Å². The molecule has 0 radical (unpaired) electrons. The second-order valence-corrected chi connectivity index (χ2v) is 10.8. The minimum Gasteiger partial charge on any atom is -0.504 e. The van der Waals surface area contributed by atoms with Gasteiger partial charge in [-0.2, -0.15) is 5.26 Å². The number of phenolic OH excluding ortho intramolecular Hbond substituents is 2. The predicted octanol–water partition coefficient (Wildman–Crippen LogP) is 4.68. The molecule has 3 aromatic rings. The number of halogens is 1. The molecule has 200 valence electrons. The highest BCUT2D eigenvalue weighted by molar-refractivity contribution is 6.35. The number of nitrogens with zero attached hydrogens (tertiary/aromatic N) is 5. The van der Waals surface area contributed by atoms with Gasteiger partial charge >= 0.3 is 5.97 Å². The Kier molecular flexibility index (Phi) is 7.12. The van der Waals surface area contributed by atoms with E-state index in [2.05, 4.69) is 27.4 Å². The first-order chi connectivity index (χ1) is 18.3. The molecule has 5 rings (SSSR count).